The highest BCUT2D eigenvalue weighted by Crippen LogP contribution is 2.42. The van der Waals surface area contributed by atoms with Gasteiger partial charge in [0.1, 0.15) is 0 Å². The molecule has 0 aliphatic heterocycles. The number of hydrogen-bond donors (Lipinski definition) is 1. The van der Waals surface area contributed by atoms with Gasteiger partial charge < -0.3 is 0 Å². The van der Waals surface area contributed by atoms with E-state index in [1.54, 1.807) is 24.3 Å². The molecule has 0 spiro atoms. The minimum atomic E-state index is -0.202. The number of allylic oxidation sites excluding steroid dienone is 2. The van der Waals surface area contributed by atoms with E-state index in [1.165, 1.54) is 6.42 Å². The summed E-state index contributed by atoms with van der Waals surface area (Å²) in [7, 11) is 0. The van der Waals surface area contributed by atoms with Crippen molar-refractivity contribution in [1.29, 1.82) is 0 Å². The standard InChI is InChI=1S/C15H15ClN2O/c16-14-5-3-11(4-6-14)15(19)18-17-9-13-8-10-1-2-12(13)7-10/h1-6,9-10,12-13H,7-8H2,(H,18,19)/t10-,12-,13-/m0/s1. The van der Waals surface area contributed by atoms with Gasteiger partial charge in [-0.3, -0.25) is 4.79 Å². The SMILES string of the molecule is O=C(NN=C[C@@H]1C[C@H]2C=C[C@H]1C2)c1ccc(Cl)cc1. The Morgan fingerprint density at radius 1 is 1.26 bits per heavy atom. The normalized spacial score (nSPS) is 28.2. The largest absolute Gasteiger partial charge is 0.271 e. The summed E-state index contributed by atoms with van der Waals surface area (Å²) in [6.07, 6.45) is 8.83. The van der Waals surface area contributed by atoms with Gasteiger partial charge in [0, 0.05) is 22.7 Å². The van der Waals surface area contributed by atoms with Crippen LogP contribution >= 0.6 is 11.6 Å². The first-order valence-electron chi connectivity index (χ1n) is 6.50. The number of nitrogens with zero attached hydrogens (tertiary/aromatic N) is 1. The molecule has 98 valence electrons. The van der Waals surface area contributed by atoms with Crippen LogP contribution < -0.4 is 5.43 Å². The van der Waals surface area contributed by atoms with Gasteiger partial charge in [-0.1, -0.05) is 23.8 Å². The van der Waals surface area contributed by atoms with Gasteiger partial charge in [0.2, 0.25) is 0 Å². The zero-order valence-electron chi connectivity index (χ0n) is 10.4. The van der Waals surface area contributed by atoms with E-state index in [0.29, 0.717) is 28.3 Å². The topological polar surface area (TPSA) is 41.5 Å². The molecule has 0 heterocycles. The van der Waals surface area contributed by atoms with Crippen molar-refractivity contribution in [2.24, 2.45) is 22.9 Å². The number of hydrazone groups is 1. The number of benzene rings is 1. The molecule has 1 aromatic rings. The molecule has 19 heavy (non-hydrogen) atoms. The first-order valence-corrected chi connectivity index (χ1v) is 6.87. The third-order valence-electron chi connectivity index (χ3n) is 3.87. The molecular weight excluding hydrogens is 260 g/mol. The summed E-state index contributed by atoms with van der Waals surface area (Å²) < 4.78 is 0. The van der Waals surface area contributed by atoms with E-state index in [4.69, 9.17) is 11.6 Å². The van der Waals surface area contributed by atoms with Crippen molar-refractivity contribution in [2.45, 2.75) is 12.8 Å². The summed E-state index contributed by atoms with van der Waals surface area (Å²) in [6, 6.07) is 6.77. The van der Waals surface area contributed by atoms with E-state index in [1.807, 2.05) is 6.21 Å². The number of nitrogens with one attached hydrogen (secondary N) is 1. The Morgan fingerprint density at radius 2 is 2.05 bits per heavy atom. The van der Waals surface area contributed by atoms with Gasteiger partial charge in [-0.2, -0.15) is 5.10 Å². The van der Waals surface area contributed by atoms with Gasteiger partial charge in [0.25, 0.3) is 5.91 Å². The molecule has 0 radical (unpaired) electrons. The zero-order chi connectivity index (χ0) is 13.2. The molecule has 1 aromatic carbocycles. The van der Waals surface area contributed by atoms with Crippen molar-refractivity contribution in [3.8, 4) is 0 Å². The van der Waals surface area contributed by atoms with E-state index in [2.05, 4.69) is 22.7 Å². The quantitative estimate of drug-likeness (QED) is 0.513. The molecule has 0 unspecified atom stereocenters. The van der Waals surface area contributed by atoms with Gasteiger partial charge in [-0.15, -0.1) is 0 Å². The molecular formula is C15H15ClN2O. The summed E-state index contributed by atoms with van der Waals surface area (Å²) in [4.78, 5) is 11.8. The van der Waals surface area contributed by atoms with E-state index in [-0.39, 0.29) is 5.91 Å². The number of halogens is 1. The van der Waals surface area contributed by atoms with Crippen LogP contribution in [0, 0.1) is 17.8 Å². The number of fused-ring (bicyclic) bond motifs is 2. The molecule has 1 N–H and O–H groups in total. The maximum atomic E-state index is 11.8. The van der Waals surface area contributed by atoms with Gasteiger partial charge in [0.05, 0.1) is 0 Å². The lowest BCUT2D eigenvalue weighted by Crippen LogP contribution is -2.19. The van der Waals surface area contributed by atoms with Crippen molar-refractivity contribution < 1.29 is 4.79 Å². The number of carbonyl (C=O) groups excluding carboxylic acids is 1. The second kappa shape index (κ2) is 5.17. The maximum Gasteiger partial charge on any atom is 0.271 e. The Hall–Kier alpha value is -1.61. The molecule has 2 bridgehead atoms. The first kappa shape index (κ1) is 12.4. The third-order valence-corrected chi connectivity index (χ3v) is 4.12. The highest BCUT2D eigenvalue weighted by Gasteiger charge is 2.34. The van der Waals surface area contributed by atoms with Crippen LogP contribution in [0.3, 0.4) is 0 Å². The van der Waals surface area contributed by atoms with Crippen LogP contribution in [-0.4, -0.2) is 12.1 Å². The Kier molecular flexibility index (Phi) is 3.38. The molecule has 0 saturated heterocycles. The van der Waals surface area contributed by atoms with Crippen LogP contribution in [0.1, 0.15) is 23.2 Å². The molecule has 1 amide bonds. The lowest BCUT2D eigenvalue weighted by Gasteiger charge is -2.11. The van der Waals surface area contributed by atoms with Crippen LogP contribution in [0.5, 0.6) is 0 Å². The van der Waals surface area contributed by atoms with Crippen molar-refractivity contribution in [3.05, 3.63) is 47.0 Å². The average Bonchev–Trinajstić information content (AvgIpc) is 3.02. The van der Waals surface area contributed by atoms with Crippen molar-refractivity contribution >= 4 is 23.7 Å². The summed E-state index contributed by atoms with van der Waals surface area (Å²) in [5.74, 6) is 1.60. The van der Waals surface area contributed by atoms with E-state index >= 15 is 0 Å². The van der Waals surface area contributed by atoms with Crippen LogP contribution in [0.2, 0.25) is 5.02 Å². The second-order valence-electron chi connectivity index (χ2n) is 5.17. The van der Waals surface area contributed by atoms with Crippen LogP contribution in [0.15, 0.2) is 41.5 Å². The third kappa shape index (κ3) is 2.71. The molecule has 2 aliphatic rings. The lowest BCUT2D eigenvalue weighted by molar-refractivity contribution is 0.0955. The van der Waals surface area contributed by atoms with Gasteiger partial charge in [0.15, 0.2) is 0 Å². The van der Waals surface area contributed by atoms with E-state index in [9.17, 15) is 4.79 Å². The van der Waals surface area contributed by atoms with Gasteiger partial charge in [-0.25, -0.2) is 5.43 Å². The molecule has 1 fully saturated rings. The number of carbonyl (C=O) groups is 1. The number of hydrogen-bond acceptors (Lipinski definition) is 2. The molecule has 0 aromatic heterocycles. The highest BCUT2D eigenvalue weighted by molar-refractivity contribution is 6.30. The second-order valence-corrected chi connectivity index (χ2v) is 5.61. The van der Waals surface area contributed by atoms with Crippen molar-refractivity contribution in [1.82, 2.24) is 5.43 Å². The smallest absolute Gasteiger partial charge is 0.267 e. The zero-order valence-corrected chi connectivity index (χ0v) is 11.2. The van der Waals surface area contributed by atoms with E-state index in [0.717, 1.165) is 6.42 Å². The van der Waals surface area contributed by atoms with Crippen LogP contribution in [-0.2, 0) is 0 Å². The number of rotatable bonds is 3. The summed E-state index contributed by atoms with van der Waals surface area (Å²) in [5, 5.41) is 4.70. The van der Waals surface area contributed by atoms with Crippen LogP contribution in [0.4, 0.5) is 0 Å². The minimum absolute atomic E-state index is 0.202. The molecule has 3 nitrogen and oxygen atoms in total. The Morgan fingerprint density at radius 3 is 2.68 bits per heavy atom. The Bertz CT molecular complexity index is 536. The molecule has 3 rings (SSSR count). The van der Waals surface area contributed by atoms with Crippen molar-refractivity contribution in [2.75, 3.05) is 0 Å². The first-order chi connectivity index (χ1) is 9.22. The summed E-state index contributed by atoms with van der Waals surface area (Å²) >= 11 is 5.78. The van der Waals surface area contributed by atoms with E-state index < -0.39 is 0 Å². The lowest BCUT2D eigenvalue weighted by atomic mass is 9.95. The van der Waals surface area contributed by atoms with Crippen LogP contribution in [0.25, 0.3) is 0 Å². The van der Waals surface area contributed by atoms with Gasteiger partial charge >= 0.3 is 0 Å². The number of amides is 1. The van der Waals surface area contributed by atoms with Crippen molar-refractivity contribution in [3.63, 3.8) is 0 Å². The molecule has 3 atom stereocenters. The maximum absolute atomic E-state index is 11.8. The molecule has 4 heteroatoms. The highest BCUT2D eigenvalue weighted by atomic mass is 35.5. The molecule has 1 saturated carbocycles. The fraction of sp³-hybridized carbons (Fsp3) is 0.333. The predicted octanol–water partition coefficient (Wildman–Crippen LogP) is 3.27. The molecule has 2 aliphatic carbocycles. The summed E-state index contributed by atoms with van der Waals surface area (Å²) in [5.41, 5.74) is 3.13. The Balaban J connectivity index is 1.56. The monoisotopic (exact) mass is 274 g/mol. The Labute approximate surface area is 117 Å². The van der Waals surface area contributed by atoms with Gasteiger partial charge in [-0.05, 0) is 48.9 Å². The fourth-order valence-electron chi connectivity index (χ4n) is 2.85. The predicted molar refractivity (Wildman–Crippen MR) is 76.3 cm³/mol. The fourth-order valence-corrected chi connectivity index (χ4v) is 2.98. The minimum Gasteiger partial charge on any atom is -0.267 e. The summed E-state index contributed by atoms with van der Waals surface area (Å²) in [6.45, 7) is 0. The average molecular weight is 275 g/mol.